The second-order valence-electron chi connectivity index (χ2n) is 6.14. The molecule has 0 bridgehead atoms. The molecule has 0 heterocycles. The highest BCUT2D eigenvalue weighted by molar-refractivity contribution is 6.30. The Morgan fingerprint density at radius 2 is 1.84 bits per heavy atom. The van der Waals surface area contributed by atoms with Gasteiger partial charge in [0.05, 0.1) is 5.41 Å². The Bertz CT molecular complexity index is 756. The normalized spacial score (nSPS) is 11.0. The summed E-state index contributed by atoms with van der Waals surface area (Å²) in [5.74, 6) is -0.707. The molecule has 0 aliphatic carbocycles. The van der Waals surface area contributed by atoms with Gasteiger partial charge in [-0.2, -0.15) is 0 Å². The molecule has 0 aliphatic heterocycles. The molecule has 132 valence electrons. The lowest BCUT2D eigenvalue weighted by molar-refractivity contribution is -0.139. The molecule has 0 fully saturated rings. The van der Waals surface area contributed by atoms with Crippen molar-refractivity contribution < 1.29 is 19.4 Å². The van der Waals surface area contributed by atoms with E-state index in [4.69, 9.17) is 21.4 Å². The molecule has 2 rings (SSSR count). The minimum absolute atomic E-state index is 0.119. The third-order valence-electron chi connectivity index (χ3n) is 3.85. The smallest absolute Gasteiger partial charge is 0.341 e. The highest BCUT2D eigenvalue weighted by Crippen LogP contribution is 2.25. The zero-order chi connectivity index (χ0) is 18.4. The van der Waals surface area contributed by atoms with Crippen LogP contribution in [-0.2, 0) is 21.5 Å². The number of carbonyl (C=O) groups excluding carboxylic acids is 1. The Morgan fingerprint density at radius 1 is 1.16 bits per heavy atom. The van der Waals surface area contributed by atoms with Crippen molar-refractivity contribution in [1.82, 2.24) is 5.32 Å². The maximum atomic E-state index is 12.6. The van der Waals surface area contributed by atoms with Crippen LogP contribution in [-0.4, -0.2) is 23.6 Å². The molecule has 5 nitrogen and oxygen atoms in total. The lowest BCUT2D eigenvalue weighted by Crippen LogP contribution is -2.39. The fourth-order valence-electron chi connectivity index (χ4n) is 2.29. The van der Waals surface area contributed by atoms with Gasteiger partial charge in [0.1, 0.15) is 5.75 Å². The monoisotopic (exact) mass is 361 g/mol. The van der Waals surface area contributed by atoms with E-state index in [9.17, 15) is 9.59 Å². The fraction of sp³-hybridized carbons (Fsp3) is 0.263. The van der Waals surface area contributed by atoms with Crippen LogP contribution in [0.5, 0.6) is 5.75 Å². The van der Waals surface area contributed by atoms with Crippen LogP contribution in [0.4, 0.5) is 0 Å². The molecule has 0 saturated carbocycles. The predicted octanol–water partition coefficient (Wildman–Crippen LogP) is 3.40. The molecular weight excluding hydrogens is 342 g/mol. The topological polar surface area (TPSA) is 75.6 Å². The first kappa shape index (κ1) is 18.8. The number of nitrogens with one attached hydrogen (secondary N) is 1. The van der Waals surface area contributed by atoms with Gasteiger partial charge in [0.2, 0.25) is 5.91 Å². The van der Waals surface area contributed by atoms with E-state index in [2.05, 4.69) is 5.32 Å². The van der Waals surface area contributed by atoms with Crippen LogP contribution in [0.25, 0.3) is 0 Å². The average Bonchev–Trinajstić information content (AvgIpc) is 2.58. The van der Waals surface area contributed by atoms with E-state index in [0.29, 0.717) is 17.3 Å². The van der Waals surface area contributed by atoms with Crippen molar-refractivity contribution >= 4 is 23.5 Å². The Kier molecular flexibility index (Phi) is 6.04. The van der Waals surface area contributed by atoms with Crippen LogP contribution in [0.3, 0.4) is 0 Å². The quantitative estimate of drug-likeness (QED) is 0.792. The number of rotatable bonds is 7. The number of carbonyl (C=O) groups is 2. The predicted molar refractivity (Wildman–Crippen MR) is 95.9 cm³/mol. The minimum Gasteiger partial charge on any atom is -0.482 e. The van der Waals surface area contributed by atoms with E-state index in [0.717, 1.165) is 11.1 Å². The summed E-state index contributed by atoms with van der Waals surface area (Å²) in [6, 6.07) is 14.2. The number of aliphatic carboxylic acids is 1. The van der Waals surface area contributed by atoms with E-state index in [1.165, 1.54) is 0 Å². The van der Waals surface area contributed by atoms with E-state index < -0.39 is 18.0 Å². The van der Waals surface area contributed by atoms with Crippen LogP contribution in [0.1, 0.15) is 25.0 Å². The van der Waals surface area contributed by atoms with E-state index in [-0.39, 0.29) is 5.91 Å². The van der Waals surface area contributed by atoms with Gasteiger partial charge >= 0.3 is 5.97 Å². The maximum absolute atomic E-state index is 12.6. The molecule has 0 spiro atoms. The van der Waals surface area contributed by atoms with Crippen LogP contribution < -0.4 is 10.1 Å². The molecule has 0 unspecified atom stereocenters. The van der Waals surface area contributed by atoms with Crippen molar-refractivity contribution in [3.8, 4) is 5.75 Å². The van der Waals surface area contributed by atoms with Gasteiger partial charge in [-0.25, -0.2) is 4.79 Å². The van der Waals surface area contributed by atoms with Crippen molar-refractivity contribution in [3.63, 3.8) is 0 Å². The number of hydrogen-bond donors (Lipinski definition) is 2. The SMILES string of the molecule is CC(C)(C(=O)NCc1cccc(OCC(=O)O)c1)c1ccc(Cl)cc1. The third kappa shape index (κ3) is 5.22. The van der Waals surface area contributed by atoms with Gasteiger partial charge in [0.15, 0.2) is 6.61 Å². The third-order valence-corrected chi connectivity index (χ3v) is 4.10. The molecule has 0 aromatic heterocycles. The van der Waals surface area contributed by atoms with Crippen molar-refractivity contribution in [2.75, 3.05) is 6.61 Å². The number of halogens is 1. The van der Waals surface area contributed by atoms with E-state index in [1.54, 1.807) is 30.3 Å². The van der Waals surface area contributed by atoms with Gasteiger partial charge in [-0.05, 0) is 49.2 Å². The summed E-state index contributed by atoms with van der Waals surface area (Å²) in [4.78, 5) is 23.1. The lowest BCUT2D eigenvalue weighted by atomic mass is 9.83. The average molecular weight is 362 g/mol. The van der Waals surface area contributed by atoms with Crippen LogP contribution >= 0.6 is 11.6 Å². The first-order chi connectivity index (χ1) is 11.8. The van der Waals surface area contributed by atoms with Gasteiger partial charge in [-0.3, -0.25) is 4.79 Å². The molecule has 0 atom stereocenters. The van der Waals surface area contributed by atoms with E-state index in [1.807, 2.05) is 32.0 Å². The van der Waals surface area contributed by atoms with Crippen LogP contribution in [0.2, 0.25) is 5.02 Å². The molecule has 2 aromatic carbocycles. The van der Waals surface area contributed by atoms with Gasteiger partial charge in [-0.15, -0.1) is 0 Å². The van der Waals surface area contributed by atoms with Crippen LogP contribution in [0, 0.1) is 0 Å². The summed E-state index contributed by atoms with van der Waals surface area (Å²) in [5.41, 5.74) is 0.984. The molecule has 25 heavy (non-hydrogen) atoms. The summed E-state index contributed by atoms with van der Waals surface area (Å²) in [5, 5.41) is 12.2. The van der Waals surface area contributed by atoms with Crippen molar-refractivity contribution in [2.24, 2.45) is 0 Å². The van der Waals surface area contributed by atoms with Crippen molar-refractivity contribution in [1.29, 1.82) is 0 Å². The zero-order valence-electron chi connectivity index (χ0n) is 14.1. The number of carboxylic acid groups (broad SMARTS) is 1. The molecule has 1 amide bonds. The summed E-state index contributed by atoms with van der Waals surface area (Å²) in [7, 11) is 0. The minimum atomic E-state index is -1.04. The number of benzene rings is 2. The summed E-state index contributed by atoms with van der Waals surface area (Å²) in [6.45, 7) is 3.61. The Labute approximate surface area is 151 Å². The zero-order valence-corrected chi connectivity index (χ0v) is 14.8. The summed E-state index contributed by atoms with van der Waals surface area (Å²) < 4.78 is 5.14. The van der Waals surface area contributed by atoms with E-state index >= 15 is 0 Å². The molecule has 0 aliphatic rings. The van der Waals surface area contributed by atoms with Gasteiger partial charge < -0.3 is 15.2 Å². The molecule has 6 heteroatoms. The van der Waals surface area contributed by atoms with Crippen molar-refractivity contribution in [2.45, 2.75) is 25.8 Å². The largest absolute Gasteiger partial charge is 0.482 e. The number of ether oxygens (including phenoxy) is 1. The van der Waals surface area contributed by atoms with Gasteiger partial charge in [0.25, 0.3) is 0 Å². The molecular formula is C19H20ClNO4. The second-order valence-corrected chi connectivity index (χ2v) is 6.58. The highest BCUT2D eigenvalue weighted by atomic mass is 35.5. The summed E-state index contributed by atoms with van der Waals surface area (Å²) in [6.07, 6.45) is 0. The Morgan fingerprint density at radius 3 is 2.48 bits per heavy atom. The van der Waals surface area contributed by atoms with Gasteiger partial charge in [0, 0.05) is 11.6 Å². The fourth-order valence-corrected chi connectivity index (χ4v) is 2.42. The van der Waals surface area contributed by atoms with Crippen molar-refractivity contribution in [3.05, 3.63) is 64.7 Å². The maximum Gasteiger partial charge on any atom is 0.341 e. The molecule has 0 radical (unpaired) electrons. The Balaban J connectivity index is 2.00. The second kappa shape index (κ2) is 8.03. The van der Waals surface area contributed by atoms with Crippen LogP contribution in [0.15, 0.2) is 48.5 Å². The first-order valence-corrected chi connectivity index (χ1v) is 8.14. The number of hydrogen-bond acceptors (Lipinski definition) is 3. The number of carboxylic acids is 1. The first-order valence-electron chi connectivity index (χ1n) is 7.77. The Hall–Kier alpha value is -2.53. The van der Waals surface area contributed by atoms with Gasteiger partial charge in [-0.1, -0.05) is 35.9 Å². The lowest BCUT2D eigenvalue weighted by Gasteiger charge is -2.24. The molecule has 2 aromatic rings. The standard InChI is InChI=1S/C19H20ClNO4/c1-19(2,14-6-8-15(20)9-7-14)18(24)21-11-13-4-3-5-16(10-13)25-12-17(22)23/h3-10H,11-12H2,1-2H3,(H,21,24)(H,22,23). The summed E-state index contributed by atoms with van der Waals surface area (Å²) >= 11 is 5.89. The highest BCUT2D eigenvalue weighted by Gasteiger charge is 2.29. The number of amides is 1. The molecule has 2 N–H and O–H groups in total. The molecule has 0 saturated heterocycles.